The van der Waals surface area contributed by atoms with Crippen LogP contribution in [0.25, 0.3) is 0 Å². The van der Waals surface area contributed by atoms with Gasteiger partial charge in [0.25, 0.3) is 0 Å². The van der Waals surface area contributed by atoms with Gasteiger partial charge in [-0.05, 0) is 24.6 Å². The lowest BCUT2D eigenvalue weighted by molar-refractivity contribution is -0.120. The predicted octanol–water partition coefficient (Wildman–Crippen LogP) is 2.34. The second-order valence-electron chi connectivity index (χ2n) is 5.70. The summed E-state index contributed by atoms with van der Waals surface area (Å²) in [4.78, 5) is 14.4. The van der Waals surface area contributed by atoms with Crippen molar-refractivity contribution in [2.24, 2.45) is 0 Å². The van der Waals surface area contributed by atoms with Crippen molar-refractivity contribution in [3.8, 4) is 5.75 Å². The molecule has 5 heteroatoms. The maximum atomic E-state index is 12.4. The Morgan fingerprint density at radius 3 is 2.87 bits per heavy atom. The van der Waals surface area contributed by atoms with Crippen molar-refractivity contribution in [2.75, 3.05) is 30.3 Å². The molecule has 0 aromatic heterocycles. The van der Waals surface area contributed by atoms with Crippen LogP contribution in [0.5, 0.6) is 5.75 Å². The number of benzene rings is 2. The van der Waals surface area contributed by atoms with Crippen molar-refractivity contribution in [2.45, 2.75) is 13.0 Å². The lowest BCUT2D eigenvalue weighted by Gasteiger charge is -2.31. The van der Waals surface area contributed by atoms with E-state index in [4.69, 9.17) is 10.5 Å². The van der Waals surface area contributed by atoms with Crippen LogP contribution in [0.2, 0.25) is 0 Å². The minimum absolute atomic E-state index is 0.00831. The van der Waals surface area contributed by atoms with Gasteiger partial charge in [-0.25, -0.2) is 0 Å². The Kier molecular flexibility index (Phi) is 4.37. The van der Waals surface area contributed by atoms with Crippen LogP contribution < -0.4 is 20.7 Å². The van der Waals surface area contributed by atoms with Crippen molar-refractivity contribution in [3.63, 3.8) is 0 Å². The average molecular weight is 311 g/mol. The van der Waals surface area contributed by atoms with Crippen molar-refractivity contribution in [1.82, 2.24) is 5.32 Å². The van der Waals surface area contributed by atoms with Gasteiger partial charge in [0.2, 0.25) is 5.91 Å². The molecule has 0 spiro atoms. The number of nitrogens with one attached hydrogen (secondary N) is 1. The molecule has 1 aliphatic heterocycles. The van der Waals surface area contributed by atoms with E-state index in [0.717, 1.165) is 17.0 Å². The maximum Gasteiger partial charge on any atom is 0.239 e. The molecule has 2 aromatic rings. The number of carbonyl (C=O) groups excluding carboxylic acids is 1. The van der Waals surface area contributed by atoms with Crippen LogP contribution in [-0.2, 0) is 4.79 Å². The molecule has 0 saturated heterocycles. The summed E-state index contributed by atoms with van der Waals surface area (Å²) in [6.45, 7) is 3.53. The SMILES string of the molecule is CC(NC(=O)CN1CCOc2cc(N)ccc21)c1ccccc1. The first-order valence-electron chi connectivity index (χ1n) is 7.75. The smallest absolute Gasteiger partial charge is 0.239 e. The summed E-state index contributed by atoms with van der Waals surface area (Å²) >= 11 is 0. The first-order valence-corrected chi connectivity index (χ1v) is 7.75. The van der Waals surface area contributed by atoms with Gasteiger partial charge in [-0.15, -0.1) is 0 Å². The average Bonchev–Trinajstić information content (AvgIpc) is 2.55. The monoisotopic (exact) mass is 311 g/mol. The fourth-order valence-corrected chi connectivity index (χ4v) is 2.74. The zero-order valence-electron chi connectivity index (χ0n) is 13.2. The third kappa shape index (κ3) is 3.56. The van der Waals surface area contributed by atoms with E-state index in [1.54, 1.807) is 6.07 Å². The molecule has 1 atom stereocenters. The molecule has 0 aliphatic carbocycles. The Bertz CT molecular complexity index is 688. The van der Waals surface area contributed by atoms with Gasteiger partial charge in [0, 0.05) is 11.8 Å². The molecule has 0 radical (unpaired) electrons. The number of carbonyl (C=O) groups is 1. The van der Waals surface area contributed by atoms with Gasteiger partial charge in [-0.1, -0.05) is 30.3 Å². The first kappa shape index (κ1) is 15.2. The predicted molar refractivity (Wildman–Crippen MR) is 91.6 cm³/mol. The van der Waals surface area contributed by atoms with E-state index in [1.165, 1.54) is 0 Å². The molecule has 1 heterocycles. The standard InChI is InChI=1S/C18H21N3O2/c1-13(14-5-3-2-4-6-14)20-18(22)12-21-9-10-23-17-11-15(19)7-8-16(17)21/h2-8,11,13H,9-10,12,19H2,1H3,(H,20,22). The first-order chi connectivity index (χ1) is 11.1. The Morgan fingerprint density at radius 2 is 2.09 bits per heavy atom. The fraction of sp³-hybridized carbons (Fsp3) is 0.278. The Balaban J connectivity index is 1.65. The normalized spacial score (nSPS) is 14.6. The highest BCUT2D eigenvalue weighted by Gasteiger charge is 2.21. The van der Waals surface area contributed by atoms with Gasteiger partial charge in [0.1, 0.15) is 12.4 Å². The van der Waals surface area contributed by atoms with Crippen molar-refractivity contribution < 1.29 is 9.53 Å². The molecule has 0 fully saturated rings. The minimum Gasteiger partial charge on any atom is -0.489 e. The quantitative estimate of drug-likeness (QED) is 0.851. The molecular weight excluding hydrogens is 290 g/mol. The second kappa shape index (κ2) is 6.60. The zero-order chi connectivity index (χ0) is 16.2. The number of fused-ring (bicyclic) bond motifs is 1. The fourth-order valence-electron chi connectivity index (χ4n) is 2.74. The lowest BCUT2D eigenvalue weighted by atomic mass is 10.1. The molecule has 3 N–H and O–H groups in total. The van der Waals surface area contributed by atoms with Crippen LogP contribution >= 0.6 is 0 Å². The Morgan fingerprint density at radius 1 is 1.30 bits per heavy atom. The number of nitrogen functional groups attached to an aromatic ring is 1. The van der Waals surface area contributed by atoms with E-state index in [9.17, 15) is 4.79 Å². The van der Waals surface area contributed by atoms with Crippen LogP contribution in [0.4, 0.5) is 11.4 Å². The van der Waals surface area contributed by atoms with E-state index in [-0.39, 0.29) is 11.9 Å². The van der Waals surface area contributed by atoms with Crippen molar-refractivity contribution in [3.05, 3.63) is 54.1 Å². The lowest BCUT2D eigenvalue weighted by Crippen LogP contribution is -2.42. The number of amides is 1. The van der Waals surface area contributed by atoms with Gasteiger partial charge in [-0.2, -0.15) is 0 Å². The number of hydrogen-bond donors (Lipinski definition) is 2. The molecule has 120 valence electrons. The molecule has 2 aromatic carbocycles. The van der Waals surface area contributed by atoms with Crippen molar-refractivity contribution in [1.29, 1.82) is 0 Å². The van der Waals surface area contributed by atoms with Gasteiger partial charge in [0.05, 0.1) is 24.8 Å². The van der Waals surface area contributed by atoms with Crippen LogP contribution in [0.1, 0.15) is 18.5 Å². The van der Waals surface area contributed by atoms with Crippen LogP contribution in [-0.4, -0.2) is 25.6 Å². The second-order valence-corrected chi connectivity index (χ2v) is 5.70. The van der Waals surface area contributed by atoms with Crippen LogP contribution in [0.3, 0.4) is 0 Å². The Hall–Kier alpha value is -2.69. The zero-order valence-corrected chi connectivity index (χ0v) is 13.2. The molecule has 0 saturated carbocycles. The largest absolute Gasteiger partial charge is 0.489 e. The third-order valence-corrected chi connectivity index (χ3v) is 3.95. The van der Waals surface area contributed by atoms with Gasteiger partial charge in [0.15, 0.2) is 0 Å². The molecule has 1 unspecified atom stereocenters. The maximum absolute atomic E-state index is 12.4. The number of nitrogens with zero attached hydrogens (tertiary/aromatic N) is 1. The van der Waals surface area contributed by atoms with E-state index in [2.05, 4.69) is 5.32 Å². The van der Waals surface area contributed by atoms with Gasteiger partial charge >= 0.3 is 0 Å². The third-order valence-electron chi connectivity index (χ3n) is 3.95. The van der Waals surface area contributed by atoms with E-state index in [0.29, 0.717) is 25.4 Å². The number of hydrogen-bond acceptors (Lipinski definition) is 4. The number of anilines is 2. The number of ether oxygens (including phenoxy) is 1. The highest BCUT2D eigenvalue weighted by atomic mass is 16.5. The summed E-state index contributed by atoms with van der Waals surface area (Å²) in [7, 11) is 0. The molecule has 3 rings (SSSR count). The van der Waals surface area contributed by atoms with E-state index >= 15 is 0 Å². The molecule has 0 bridgehead atoms. The molecule has 1 aliphatic rings. The molecular formula is C18H21N3O2. The summed E-state index contributed by atoms with van der Waals surface area (Å²) in [6, 6.07) is 15.4. The summed E-state index contributed by atoms with van der Waals surface area (Å²) in [5.41, 5.74) is 8.44. The summed E-state index contributed by atoms with van der Waals surface area (Å²) in [6.07, 6.45) is 0. The van der Waals surface area contributed by atoms with Gasteiger partial charge in [-0.3, -0.25) is 4.79 Å². The topological polar surface area (TPSA) is 67.6 Å². The Labute approximate surface area is 136 Å². The highest BCUT2D eigenvalue weighted by Crippen LogP contribution is 2.33. The number of rotatable bonds is 4. The van der Waals surface area contributed by atoms with Crippen molar-refractivity contribution >= 4 is 17.3 Å². The summed E-state index contributed by atoms with van der Waals surface area (Å²) in [5.74, 6) is 0.728. The van der Waals surface area contributed by atoms with E-state index in [1.807, 2.05) is 54.3 Å². The molecule has 23 heavy (non-hydrogen) atoms. The van der Waals surface area contributed by atoms with E-state index < -0.39 is 0 Å². The summed E-state index contributed by atoms with van der Waals surface area (Å²) in [5, 5.41) is 3.04. The minimum atomic E-state index is -0.0179. The van der Waals surface area contributed by atoms with Crippen LogP contribution in [0.15, 0.2) is 48.5 Å². The summed E-state index contributed by atoms with van der Waals surface area (Å²) < 4.78 is 5.61. The van der Waals surface area contributed by atoms with Gasteiger partial charge < -0.3 is 20.7 Å². The number of nitrogens with two attached hydrogens (primary N) is 1. The molecule has 5 nitrogen and oxygen atoms in total. The highest BCUT2D eigenvalue weighted by molar-refractivity contribution is 5.83. The molecule has 1 amide bonds. The van der Waals surface area contributed by atoms with Crippen LogP contribution in [0, 0.1) is 0 Å².